The molecule has 12 heteroatoms. The minimum Gasteiger partial charge on any atom is -0.490 e. The molecule has 2 aliphatic rings. The highest BCUT2D eigenvalue weighted by Gasteiger charge is 2.30. The highest BCUT2D eigenvalue weighted by molar-refractivity contribution is 5.94. The zero-order valence-corrected chi connectivity index (χ0v) is 18.6. The van der Waals surface area contributed by atoms with Gasteiger partial charge in [0.15, 0.2) is 5.69 Å². The lowest BCUT2D eigenvalue weighted by molar-refractivity contribution is -0.137. The van der Waals surface area contributed by atoms with Crippen LogP contribution in [0.15, 0.2) is 30.5 Å². The quantitative estimate of drug-likeness (QED) is 0.656. The predicted molar refractivity (Wildman–Crippen MR) is 115 cm³/mol. The van der Waals surface area contributed by atoms with Gasteiger partial charge in [-0.15, -0.1) is 5.10 Å². The SMILES string of the molecule is O=C(NCC(=O)N1CCC(Oc2ccc(C(F)(F)F)cc2)CC1)c1cn(C2CCNCC2)nn1. The predicted octanol–water partition coefficient (Wildman–Crippen LogP) is 2.02. The first-order valence-corrected chi connectivity index (χ1v) is 11.3. The molecule has 2 amide bonds. The number of rotatable bonds is 6. The van der Waals surface area contributed by atoms with E-state index in [1.807, 2.05) is 0 Å². The second kappa shape index (κ2) is 10.4. The van der Waals surface area contributed by atoms with Crippen LogP contribution in [0.5, 0.6) is 5.75 Å². The number of aromatic nitrogens is 3. The Labute approximate surface area is 194 Å². The fraction of sp³-hybridized carbons (Fsp3) is 0.545. The molecule has 1 aromatic carbocycles. The molecule has 184 valence electrons. The average molecular weight is 480 g/mol. The molecule has 34 heavy (non-hydrogen) atoms. The highest BCUT2D eigenvalue weighted by atomic mass is 19.4. The van der Waals surface area contributed by atoms with Crippen LogP contribution >= 0.6 is 0 Å². The summed E-state index contributed by atoms with van der Waals surface area (Å²) in [6.07, 6.45) is -0.0387. The Kier molecular flexibility index (Phi) is 7.35. The Morgan fingerprint density at radius 2 is 1.76 bits per heavy atom. The van der Waals surface area contributed by atoms with Crippen molar-refractivity contribution in [3.05, 3.63) is 41.7 Å². The number of benzene rings is 1. The van der Waals surface area contributed by atoms with E-state index in [-0.39, 0.29) is 30.3 Å². The lowest BCUT2D eigenvalue weighted by Gasteiger charge is -2.32. The fourth-order valence-corrected chi connectivity index (χ4v) is 4.13. The number of carbonyl (C=O) groups excluding carboxylic acids is 2. The maximum atomic E-state index is 12.7. The van der Waals surface area contributed by atoms with Crippen molar-refractivity contribution in [2.24, 2.45) is 0 Å². The number of alkyl halides is 3. The molecular formula is C22H27F3N6O3. The topological polar surface area (TPSA) is 101 Å². The normalized spacial score (nSPS) is 18.0. The van der Waals surface area contributed by atoms with Crippen LogP contribution in [0.1, 0.15) is 47.8 Å². The van der Waals surface area contributed by atoms with Gasteiger partial charge in [0.25, 0.3) is 5.91 Å². The molecule has 3 heterocycles. The third kappa shape index (κ3) is 6.04. The summed E-state index contributed by atoms with van der Waals surface area (Å²) in [4.78, 5) is 26.5. The van der Waals surface area contributed by atoms with E-state index < -0.39 is 17.6 Å². The van der Waals surface area contributed by atoms with E-state index >= 15 is 0 Å². The summed E-state index contributed by atoms with van der Waals surface area (Å²) in [7, 11) is 0. The molecule has 0 bridgehead atoms. The van der Waals surface area contributed by atoms with Gasteiger partial charge in [-0.1, -0.05) is 5.21 Å². The monoisotopic (exact) mass is 480 g/mol. The molecular weight excluding hydrogens is 453 g/mol. The smallest absolute Gasteiger partial charge is 0.416 e. The van der Waals surface area contributed by atoms with E-state index in [0.29, 0.717) is 31.7 Å². The Hall–Kier alpha value is -3.15. The molecule has 0 saturated carbocycles. The lowest BCUT2D eigenvalue weighted by atomic mass is 10.1. The first kappa shape index (κ1) is 24.0. The summed E-state index contributed by atoms with van der Waals surface area (Å²) >= 11 is 0. The van der Waals surface area contributed by atoms with Gasteiger partial charge in [0.2, 0.25) is 5.91 Å². The van der Waals surface area contributed by atoms with E-state index in [1.54, 1.807) is 15.8 Å². The molecule has 2 N–H and O–H groups in total. The van der Waals surface area contributed by atoms with Gasteiger partial charge in [-0.3, -0.25) is 9.59 Å². The lowest BCUT2D eigenvalue weighted by Crippen LogP contribution is -2.46. The van der Waals surface area contributed by atoms with Crippen LogP contribution < -0.4 is 15.4 Å². The molecule has 2 saturated heterocycles. The van der Waals surface area contributed by atoms with Crippen molar-refractivity contribution in [2.45, 2.75) is 44.0 Å². The van der Waals surface area contributed by atoms with Crippen molar-refractivity contribution >= 4 is 11.8 Å². The van der Waals surface area contributed by atoms with Gasteiger partial charge < -0.3 is 20.3 Å². The first-order valence-electron chi connectivity index (χ1n) is 11.3. The van der Waals surface area contributed by atoms with Crippen LogP contribution in [0.3, 0.4) is 0 Å². The van der Waals surface area contributed by atoms with Crippen molar-refractivity contribution in [3.63, 3.8) is 0 Å². The zero-order valence-electron chi connectivity index (χ0n) is 18.6. The van der Waals surface area contributed by atoms with Gasteiger partial charge in [0, 0.05) is 25.9 Å². The van der Waals surface area contributed by atoms with Crippen LogP contribution in [-0.2, 0) is 11.0 Å². The Morgan fingerprint density at radius 1 is 1.09 bits per heavy atom. The number of likely N-dealkylation sites (tertiary alicyclic amines) is 1. The largest absolute Gasteiger partial charge is 0.490 e. The molecule has 2 aliphatic heterocycles. The van der Waals surface area contributed by atoms with Crippen LogP contribution in [-0.4, -0.2) is 70.5 Å². The van der Waals surface area contributed by atoms with Crippen molar-refractivity contribution in [3.8, 4) is 5.75 Å². The first-order chi connectivity index (χ1) is 16.3. The summed E-state index contributed by atoms with van der Waals surface area (Å²) < 4.78 is 45.5. The zero-order chi connectivity index (χ0) is 24.1. The highest BCUT2D eigenvalue weighted by Crippen LogP contribution is 2.30. The maximum Gasteiger partial charge on any atom is 0.416 e. The summed E-state index contributed by atoms with van der Waals surface area (Å²) in [5, 5.41) is 13.8. The molecule has 0 atom stereocenters. The summed E-state index contributed by atoms with van der Waals surface area (Å²) in [6.45, 7) is 2.51. The minimum atomic E-state index is -4.39. The number of halogens is 3. The summed E-state index contributed by atoms with van der Waals surface area (Å²) in [6, 6.07) is 4.79. The average Bonchev–Trinajstić information content (AvgIpc) is 3.34. The number of hydrogen-bond acceptors (Lipinski definition) is 6. The third-order valence-electron chi connectivity index (χ3n) is 6.10. The third-order valence-corrected chi connectivity index (χ3v) is 6.10. The van der Waals surface area contributed by atoms with Crippen LogP contribution in [0.2, 0.25) is 0 Å². The second-order valence-electron chi connectivity index (χ2n) is 8.47. The second-order valence-corrected chi connectivity index (χ2v) is 8.47. The van der Waals surface area contributed by atoms with Gasteiger partial charge in [0.1, 0.15) is 11.9 Å². The van der Waals surface area contributed by atoms with Gasteiger partial charge in [-0.25, -0.2) is 4.68 Å². The minimum absolute atomic E-state index is 0.149. The number of nitrogens with one attached hydrogen (secondary N) is 2. The Balaban J connectivity index is 1.19. The van der Waals surface area contributed by atoms with Crippen LogP contribution in [0.25, 0.3) is 0 Å². The molecule has 1 aromatic heterocycles. The molecule has 0 aliphatic carbocycles. The van der Waals surface area contributed by atoms with Crippen molar-refractivity contribution in [1.29, 1.82) is 0 Å². The van der Waals surface area contributed by atoms with Crippen LogP contribution in [0.4, 0.5) is 13.2 Å². The van der Waals surface area contributed by atoms with Gasteiger partial charge in [0.05, 0.1) is 24.3 Å². The number of hydrogen-bond donors (Lipinski definition) is 2. The number of piperidine rings is 2. The standard InChI is InChI=1S/C22H27F3N6O3/c23-22(24,25)15-1-3-17(4-2-15)34-18-7-11-30(12-8-18)20(32)13-27-21(33)19-14-31(29-28-19)16-5-9-26-10-6-16/h1-4,14,16,18,26H,5-13H2,(H,27,33). The summed E-state index contributed by atoms with van der Waals surface area (Å²) in [5.74, 6) is -0.302. The molecule has 0 unspecified atom stereocenters. The van der Waals surface area contributed by atoms with Crippen molar-refractivity contribution in [1.82, 2.24) is 30.5 Å². The van der Waals surface area contributed by atoms with E-state index in [0.717, 1.165) is 38.1 Å². The number of amides is 2. The molecule has 9 nitrogen and oxygen atoms in total. The Morgan fingerprint density at radius 3 is 2.41 bits per heavy atom. The van der Waals surface area contributed by atoms with E-state index in [1.165, 1.54) is 12.1 Å². The molecule has 2 fully saturated rings. The fourth-order valence-electron chi connectivity index (χ4n) is 4.13. The number of carbonyl (C=O) groups is 2. The Bertz CT molecular complexity index is 981. The molecule has 2 aromatic rings. The number of nitrogens with zero attached hydrogens (tertiary/aromatic N) is 4. The summed E-state index contributed by atoms with van der Waals surface area (Å²) in [5.41, 5.74) is -0.550. The molecule has 4 rings (SSSR count). The molecule has 0 spiro atoms. The van der Waals surface area contributed by atoms with E-state index in [4.69, 9.17) is 4.74 Å². The van der Waals surface area contributed by atoms with Crippen molar-refractivity contribution < 1.29 is 27.5 Å². The van der Waals surface area contributed by atoms with E-state index in [2.05, 4.69) is 20.9 Å². The van der Waals surface area contributed by atoms with Crippen LogP contribution in [0, 0.1) is 0 Å². The van der Waals surface area contributed by atoms with Crippen molar-refractivity contribution in [2.75, 3.05) is 32.7 Å². The molecule has 0 radical (unpaired) electrons. The maximum absolute atomic E-state index is 12.7. The van der Waals surface area contributed by atoms with E-state index in [9.17, 15) is 22.8 Å². The number of ether oxygens (including phenoxy) is 1. The van der Waals surface area contributed by atoms with Gasteiger partial charge >= 0.3 is 6.18 Å². The van der Waals surface area contributed by atoms with Gasteiger partial charge in [-0.05, 0) is 50.2 Å². The van der Waals surface area contributed by atoms with Gasteiger partial charge in [-0.2, -0.15) is 13.2 Å².